The molecule has 6 heteroatoms. The minimum Gasteiger partial charge on any atom is -0.478 e. The molecule has 16 heavy (non-hydrogen) atoms. The van der Waals surface area contributed by atoms with Crippen LogP contribution in [0.15, 0.2) is 12.1 Å². The van der Waals surface area contributed by atoms with Gasteiger partial charge < -0.3 is 10.0 Å². The molecule has 1 N–H and O–H groups in total. The first-order chi connectivity index (χ1) is 7.52. The fourth-order valence-electron chi connectivity index (χ4n) is 0.981. The molecular weight excluding hydrogens is 210 g/mol. The lowest BCUT2D eigenvalue weighted by Crippen LogP contribution is -2.12. The maximum Gasteiger partial charge on any atom is 0.328 e. The van der Waals surface area contributed by atoms with E-state index in [4.69, 9.17) is 5.11 Å². The summed E-state index contributed by atoms with van der Waals surface area (Å²) in [7, 11) is 3.53. The number of nitrogens with zero attached hydrogens (tertiary/aromatic N) is 3. The van der Waals surface area contributed by atoms with Crippen LogP contribution in [-0.4, -0.2) is 41.4 Å². The lowest BCUT2D eigenvalue weighted by molar-refractivity contribution is -0.131. The smallest absolute Gasteiger partial charge is 0.328 e. The van der Waals surface area contributed by atoms with Crippen molar-refractivity contribution in [1.82, 2.24) is 9.97 Å². The number of aldehydes is 1. The quantitative estimate of drug-likeness (QED) is 0.587. The van der Waals surface area contributed by atoms with Gasteiger partial charge in [0.05, 0.1) is 0 Å². The highest BCUT2D eigenvalue weighted by atomic mass is 16.4. The second-order valence-electron chi connectivity index (χ2n) is 3.19. The largest absolute Gasteiger partial charge is 0.478 e. The van der Waals surface area contributed by atoms with Gasteiger partial charge in [-0.3, -0.25) is 4.79 Å². The summed E-state index contributed by atoms with van der Waals surface area (Å²) in [6.45, 7) is 0. The molecule has 0 unspecified atom stereocenters. The van der Waals surface area contributed by atoms with Crippen LogP contribution < -0.4 is 4.90 Å². The van der Waals surface area contributed by atoms with Gasteiger partial charge in [-0.15, -0.1) is 0 Å². The first-order valence-corrected chi connectivity index (χ1v) is 4.45. The van der Waals surface area contributed by atoms with Gasteiger partial charge in [0.25, 0.3) is 0 Å². The summed E-state index contributed by atoms with van der Waals surface area (Å²) in [5, 5.41) is 8.46. The Balaban J connectivity index is 3.13. The predicted molar refractivity (Wildman–Crippen MR) is 58.4 cm³/mol. The molecule has 0 spiro atoms. The van der Waals surface area contributed by atoms with Crippen LogP contribution in [0.25, 0.3) is 6.08 Å². The highest BCUT2D eigenvalue weighted by Crippen LogP contribution is 2.09. The summed E-state index contributed by atoms with van der Waals surface area (Å²) in [4.78, 5) is 30.6. The number of aromatic nitrogens is 2. The topological polar surface area (TPSA) is 83.4 Å². The maximum absolute atomic E-state index is 10.6. The van der Waals surface area contributed by atoms with E-state index in [1.165, 1.54) is 12.1 Å². The highest BCUT2D eigenvalue weighted by molar-refractivity contribution is 5.85. The van der Waals surface area contributed by atoms with Gasteiger partial charge in [-0.05, 0) is 6.08 Å². The van der Waals surface area contributed by atoms with Gasteiger partial charge in [0, 0.05) is 26.2 Å². The molecule has 0 amide bonds. The van der Waals surface area contributed by atoms with Gasteiger partial charge in [0.1, 0.15) is 11.5 Å². The summed E-state index contributed by atoms with van der Waals surface area (Å²) in [5.74, 6) is -0.357. The molecule has 1 aromatic heterocycles. The number of anilines is 1. The van der Waals surface area contributed by atoms with Gasteiger partial charge >= 0.3 is 5.97 Å². The summed E-state index contributed by atoms with van der Waals surface area (Å²) in [6, 6.07) is 1.52. The molecule has 0 saturated carbocycles. The third-order valence-electron chi connectivity index (χ3n) is 1.70. The van der Waals surface area contributed by atoms with Gasteiger partial charge in [0.15, 0.2) is 12.1 Å². The zero-order valence-electron chi connectivity index (χ0n) is 8.91. The number of carboxylic acid groups (broad SMARTS) is 1. The zero-order chi connectivity index (χ0) is 12.1. The van der Waals surface area contributed by atoms with Crippen molar-refractivity contribution in [2.24, 2.45) is 0 Å². The van der Waals surface area contributed by atoms with Crippen molar-refractivity contribution in [3.63, 3.8) is 0 Å². The summed E-state index contributed by atoms with van der Waals surface area (Å²) >= 11 is 0. The van der Waals surface area contributed by atoms with E-state index in [0.29, 0.717) is 12.1 Å². The summed E-state index contributed by atoms with van der Waals surface area (Å²) < 4.78 is 0. The van der Waals surface area contributed by atoms with Gasteiger partial charge in [0.2, 0.25) is 0 Å². The van der Waals surface area contributed by atoms with Crippen molar-refractivity contribution in [2.75, 3.05) is 19.0 Å². The number of hydrogen-bond donors (Lipinski definition) is 1. The number of carbonyl (C=O) groups is 2. The Bertz CT molecular complexity index is 441. The van der Waals surface area contributed by atoms with E-state index < -0.39 is 5.97 Å². The Morgan fingerprint density at radius 2 is 2.12 bits per heavy atom. The number of hydrogen-bond acceptors (Lipinski definition) is 5. The first kappa shape index (κ1) is 11.8. The van der Waals surface area contributed by atoms with Crippen LogP contribution in [0.2, 0.25) is 0 Å². The number of carbonyl (C=O) groups excluding carboxylic acids is 1. The van der Waals surface area contributed by atoms with Crippen LogP contribution in [0, 0.1) is 0 Å². The lowest BCUT2D eigenvalue weighted by atomic mass is 10.3. The molecule has 0 bridgehead atoms. The molecule has 0 radical (unpaired) electrons. The second-order valence-corrected chi connectivity index (χ2v) is 3.19. The van der Waals surface area contributed by atoms with Crippen molar-refractivity contribution < 1.29 is 14.7 Å². The van der Waals surface area contributed by atoms with Crippen LogP contribution in [0.5, 0.6) is 0 Å². The third-order valence-corrected chi connectivity index (χ3v) is 1.70. The van der Waals surface area contributed by atoms with E-state index in [0.717, 1.165) is 6.08 Å². The summed E-state index contributed by atoms with van der Waals surface area (Å²) in [6.07, 6.45) is 2.75. The van der Waals surface area contributed by atoms with E-state index in [1.54, 1.807) is 19.0 Å². The minimum atomic E-state index is -1.09. The summed E-state index contributed by atoms with van der Waals surface area (Å²) in [5.41, 5.74) is 0.212. The van der Waals surface area contributed by atoms with Gasteiger partial charge in [-0.25, -0.2) is 14.8 Å². The van der Waals surface area contributed by atoms with Crippen molar-refractivity contribution in [2.45, 2.75) is 0 Å². The van der Waals surface area contributed by atoms with Crippen molar-refractivity contribution in [1.29, 1.82) is 0 Å². The molecule has 0 saturated heterocycles. The van der Waals surface area contributed by atoms with Gasteiger partial charge in [-0.1, -0.05) is 0 Å². The average molecular weight is 221 g/mol. The SMILES string of the molecule is CN(C)c1cc(C=O)nc(C=CC(=O)O)n1. The highest BCUT2D eigenvalue weighted by Gasteiger charge is 2.03. The van der Waals surface area contributed by atoms with Crippen LogP contribution >= 0.6 is 0 Å². The number of rotatable bonds is 4. The Hall–Kier alpha value is -2.24. The predicted octanol–water partition coefficient (Wildman–Crippen LogP) is 0.453. The van der Waals surface area contributed by atoms with E-state index in [9.17, 15) is 9.59 Å². The van der Waals surface area contributed by atoms with Crippen molar-refractivity contribution >= 4 is 24.1 Å². The lowest BCUT2D eigenvalue weighted by Gasteiger charge is -2.11. The van der Waals surface area contributed by atoms with Crippen molar-refractivity contribution in [3.8, 4) is 0 Å². The minimum absolute atomic E-state index is 0.190. The second kappa shape index (κ2) is 5.01. The molecule has 0 aliphatic carbocycles. The van der Waals surface area contributed by atoms with E-state index in [1.807, 2.05) is 0 Å². The molecule has 84 valence electrons. The molecular formula is C10H11N3O3. The van der Waals surface area contributed by atoms with E-state index in [2.05, 4.69) is 9.97 Å². The Morgan fingerprint density at radius 1 is 1.44 bits per heavy atom. The molecule has 1 rings (SSSR count). The fraction of sp³-hybridized carbons (Fsp3) is 0.200. The monoisotopic (exact) mass is 221 g/mol. The fourth-order valence-corrected chi connectivity index (χ4v) is 0.981. The van der Waals surface area contributed by atoms with Crippen LogP contribution in [0.1, 0.15) is 16.3 Å². The molecule has 0 atom stereocenters. The van der Waals surface area contributed by atoms with E-state index in [-0.39, 0.29) is 11.5 Å². The van der Waals surface area contributed by atoms with Crippen LogP contribution in [0.4, 0.5) is 5.82 Å². The first-order valence-electron chi connectivity index (χ1n) is 4.45. The molecule has 0 aliphatic heterocycles. The Labute approximate surface area is 92.2 Å². The average Bonchev–Trinajstić information content (AvgIpc) is 2.25. The van der Waals surface area contributed by atoms with Crippen molar-refractivity contribution in [3.05, 3.63) is 23.7 Å². The number of aliphatic carboxylic acids is 1. The molecule has 0 aromatic carbocycles. The zero-order valence-corrected chi connectivity index (χ0v) is 8.91. The molecule has 1 heterocycles. The van der Waals surface area contributed by atoms with Gasteiger partial charge in [-0.2, -0.15) is 0 Å². The molecule has 0 aliphatic rings. The molecule has 0 fully saturated rings. The van der Waals surface area contributed by atoms with Crippen LogP contribution in [0.3, 0.4) is 0 Å². The Kier molecular flexibility index (Phi) is 3.71. The third kappa shape index (κ3) is 3.16. The van der Waals surface area contributed by atoms with Crippen LogP contribution in [-0.2, 0) is 4.79 Å². The van der Waals surface area contributed by atoms with E-state index >= 15 is 0 Å². The maximum atomic E-state index is 10.6. The molecule has 6 nitrogen and oxygen atoms in total. The standard InChI is InChI=1S/C10H11N3O3/c1-13(2)9-5-7(6-14)11-8(12-9)3-4-10(15)16/h3-6H,1-2H3,(H,15,16). The molecule has 1 aromatic rings. The normalized spacial score (nSPS) is 10.4. The number of carboxylic acids is 1. The Morgan fingerprint density at radius 3 is 2.62 bits per heavy atom.